The molecule has 0 bridgehead atoms. The maximum absolute atomic E-state index is 11.4. The Kier molecular flexibility index (Phi) is 5.47. The zero-order chi connectivity index (χ0) is 20.4. The molecule has 148 valence electrons. The fourth-order valence-corrected chi connectivity index (χ4v) is 4.34. The number of rotatable bonds is 4. The first-order chi connectivity index (χ1) is 14.1. The Morgan fingerprint density at radius 1 is 1.14 bits per heavy atom. The second-order valence-electron chi connectivity index (χ2n) is 6.97. The van der Waals surface area contributed by atoms with Gasteiger partial charge in [-0.15, -0.1) is 0 Å². The monoisotopic (exact) mass is 406 g/mol. The number of anilines is 2. The van der Waals surface area contributed by atoms with E-state index in [0.717, 1.165) is 33.9 Å². The largest absolute Gasteiger partial charge is 0.496 e. The Morgan fingerprint density at radius 2 is 1.93 bits per heavy atom. The molecule has 1 aliphatic heterocycles. The van der Waals surface area contributed by atoms with E-state index < -0.39 is 5.97 Å². The van der Waals surface area contributed by atoms with Gasteiger partial charge >= 0.3 is 5.97 Å². The average Bonchev–Trinajstić information content (AvgIpc) is 2.92. The molecule has 6 heteroatoms. The number of ether oxygens (including phenoxy) is 1. The van der Waals surface area contributed by atoms with Crippen molar-refractivity contribution in [1.29, 1.82) is 0 Å². The lowest BCUT2D eigenvalue weighted by atomic mass is 10.0. The van der Waals surface area contributed by atoms with Gasteiger partial charge in [0.15, 0.2) is 0 Å². The number of hydrogen-bond acceptors (Lipinski definition) is 5. The number of hydrogen-bond donors (Lipinski definition) is 2. The molecule has 2 N–H and O–H groups in total. The van der Waals surface area contributed by atoms with E-state index in [1.54, 1.807) is 37.3 Å². The first kappa shape index (κ1) is 19.4. The lowest BCUT2D eigenvalue weighted by Crippen LogP contribution is -2.31. The highest BCUT2D eigenvalue weighted by molar-refractivity contribution is 7.97. The third kappa shape index (κ3) is 3.95. The number of fused-ring (bicyclic) bond motifs is 1. The SMILES string of the molecule is COc1cc2c(cc1-c1cccc(C(=O)O)c1)SNC(C)CN2c1ccccc1. The van der Waals surface area contributed by atoms with Gasteiger partial charge in [-0.05, 0) is 54.8 Å². The molecule has 1 atom stereocenters. The van der Waals surface area contributed by atoms with Gasteiger partial charge in [0.1, 0.15) is 5.75 Å². The van der Waals surface area contributed by atoms with Gasteiger partial charge < -0.3 is 14.7 Å². The van der Waals surface area contributed by atoms with E-state index in [-0.39, 0.29) is 11.6 Å². The summed E-state index contributed by atoms with van der Waals surface area (Å²) in [5, 5.41) is 9.35. The van der Waals surface area contributed by atoms with Crippen molar-refractivity contribution in [2.75, 3.05) is 18.6 Å². The molecule has 0 aliphatic carbocycles. The van der Waals surface area contributed by atoms with Crippen LogP contribution in [0.3, 0.4) is 0 Å². The van der Waals surface area contributed by atoms with Gasteiger partial charge in [-0.25, -0.2) is 4.79 Å². The molecule has 4 rings (SSSR count). The Hall–Kier alpha value is -2.96. The number of carbonyl (C=O) groups is 1. The quantitative estimate of drug-likeness (QED) is 0.581. The predicted molar refractivity (Wildman–Crippen MR) is 117 cm³/mol. The summed E-state index contributed by atoms with van der Waals surface area (Å²) in [5.41, 5.74) is 4.12. The van der Waals surface area contributed by atoms with Crippen LogP contribution in [0.4, 0.5) is 11.4 Å². The Balaban J connectivity index is 1.86. The summed E-state index contributed by atoms with van der Waals surface area (Å²) in [6.45, 7) is 2.98. The molecule has 1 heterocycles. The minimum atomic E-state index is -0.944. The average molecular weight is 407 g/mol. The van der Waals surface area contributed by atoms with Crippen molar-refractivity contribution in [3.8, 4) is 16.9 Å². The molecular formula is C23H22N2O3S. The van der Waals surface area contributed by atoms with Gasteiger partial charge in [0.05, 0.1) is 18.4 Å². The van der Waals surface area contributed by atoms with Crippen LogP contribution in [-0.2, 0) is 0 Å². The van der Waals surface area contributed by atoms with Gasteiger partial charge in [-0.1, -0.05) is 30.3 Å². The van der Waals surface area contributed by atoms with Crippen molar-refractivity contribution in [2.45, 2.75) is 17.9 Å². The molecule has 3 aromatic carbocycles. The zero-order valence-corrected chi connectivity index (χ0v) is 17.1. The Labute approximate surface area is 174 Å². The van der Waals surface area contributed by atoms with Crippen LogP contribution in [-0.4, -0.2) is 30.8 Å². The summed E-state index contributed by atoms with van der Waals surface area (Å²) in [4.78, 5) is 14.8. The summed E-state index contributed by atoms with van der Waals surface area (Å²) in [6, 6.07) is 21.6. The first-order valence-electron chi connectivity index (χ1n) is 9.37. The normalized spacial score (nSPS) is 16.1. The van der Waals surface area contributed by atoms with E-state index in [2.05, 4.69) is 34.7 Å². The molecule has 1 aliphatic rings. The fourth-order valence-electron chi connectivity index (χ4n) is 3.48. The lowest BCUT2D eigenvalue weighted by molar-refractivity contribution is 0.0697. The van der Waals surface area contributed by atoms with E-state index in [4.69, 9.17) is 4.74 Å². The van der Waals surface area contributed by atoms with Crippen LogP contribution in [0.25, 0.3) is 11.1 Å². The fraction of sp³-hybridized carbons (Fsp3) is 0.174. The highest BCUT2D eigenvalue weighted by Crippen LogP contribution is 2.43. The third-order valence-electron chi connectivity index (χ3n) is 4.89. The second kappa shape index (κ2) is 8.19. The molecule has 0 fully saturated rings. The van der Waals surface area contributed by atoms with Crippen molar-refractivity contribution in [1.82, 2.24) is 4.72 Å². The Bertz CT molecular complexity index is 1040. The standard InChI is InChI=1S/C23H22N2O3S/c1-15-14-25(18-9-4-3-5-10-18)20-13-21(28-2)19(12-22(20)29-24-15)16-7-6-8-17(11-16)23(26)27/h3-13,15,24H,14H2,1-2H3,(H,26,27). The number of carboxylic acids is 1. The van der Waals surface area contributed by atoms with Crippen molar-refractivity contribution in [2.24, 2.45) is 0 Å². The van der Waals surface area contributed by atoms with Crippen LogP contribution in [0.15, 0.2) is 71.6 Å². The van der Waals surface area contributed by atoms with Crippen LogP contribution in [0.1, 0.15) is 17.3 Å². The van der Waals surface area contributed by atoms with Gasteiger partial charge in [0.2, 0.25) is 0 Å². The number of benzene rings is 3. The molecule has 0 amide bonds. The van der Waals surface area contributed by atoms with E-state index in [9.17, 15) is 9.90 Å². The van der Waals surface area contributed by atoms with Crippen molar-refractivity contribution < 1.29 is 14.6 Å². The number of aromatic carboxylic acids is 1. The van der Waals surface area contributed by atoms with Gasteiger partial charge in [-0.2, -0.15) is 0 Å². The van der Waals surface area contributed by atoms with Gasteiger partial charge in [0.25, 0.3) is 0 Å². The summed E-state index contributed by atoms with van der Waals surface area (Å²) in [5.74, 6) is -0.233. The lowest BCUT2D eigenvalue weighted by Gasteiger charge is -2.27. The maximum Gasteiger partial charge on any atom is 0.335 e. The van der Waals surface area contributed by atoms with Gasteiger partial charge in [-0.3, -0.25) is 4.72 Å². The predicted octanol–water partition coefficient (Wildman–Crippen LogP) is 5.20. The number of nitrogens with one attached hydrogen (secondary N) is 1. The van der Waals surface area contributed by atoms with Crippen molar-refractivity contribution in [3.63, 3.8) is 0 Å². The molecule has 5 nitrogen and oxygen atoms in total. The number of para-hydroxylation sites is 1. The van der Waals surface area contributed by atoms with Crippen molar-refractivity contribution in [3.05, 3.63) is 72.3 Å². The van der Waals surface area contributed by atoms with Crippen LogP contribution < -0.4 is 14.4 Å². The van der Waals surface area contributed by atoms with Gasteiger partial charge in [0, 0.05) is 34.8 Å². The number of nitrogens with zero attached hydrogens (tertiary/aromatic N) is 1. The zero-order valence-electron chi connectivity index (χ0n) is 16.3. The number of carboxylic acid groups (broad SMARTS) is 1. The molecule has 0 radical (unpaired) electrons. The van der Waals surface area contributed by atoms with Crippen molar-refractivity contribution >= 4 is 29.3 Å². The summed E-state index contributed by atoms with van der Waals surface area (Å²) < 4.78 is 9.20. The summed E-state index contributed by atoms with van der Waals surface area (Å²) >= 11 is 1.59. The molecule has 0 spiro atoms. The molecule has 29 heavy (non-hydrogen) atoms. The van der Waals surface area contributed by atoms with E-state index in [0.29, 0.717) is 5.75 Å². The van der Waals surface area contributed by atoms with Crippen LogP contribution in [0.2, 0.25) is 0 Å². The number of methoxy groups -OCH3 is 1. The summed E-state index contributed by atoms with van der Waals surface area (Å²) in [6.07, 6.45) is 0. The molecule has 1 unspecified atom stereocenters. The topological polar surface area (TPSA) is 61.8 Å². The van der Waals surface area contributed by atoms with E-state index in [1.807, 2.05) is 30.3 Å². The molecule has 3 aromatic rings. The van der Waals surface area contributed by atoms with Crippen LogP contribution >= 0.6 is 11.9 Å². The highest BCUT2D eigenvalue weighted by Gasteiger charge is 2.24. The minimum Gasteiger partial charge on any atom is -0.496 e. The van der Waals surface area contributed by atoms with E-state index in [1.165, 1.54) is 0 Å². The second-order valence-corrected chi connectivity index (χ2v) is 7.85. The molecule has 0 aromatic heterocycles. The van der Waals surface area contributed by atoms with Crippen LogP contribution in [0.5, 0.6) is 5.75 Å². The Morgan fingerprint density at radius 3 is 2.66 bits per heavy atom. The third-order valence-corrected chi connectivity index (χ3v) is 5.95. The molecule has 0 saturated heterocycles. The minimum absolute atomic E-state index is 0.254. The summed E-state index contributed by atoms with van der Waals surface area (Å²) in [7, 11) is 1.64. The molecule has 0 saturated carbocycles. The first-order valence-corrected chi connectivity index (χ1v) is 10.2. The molecular weight excluding hydrogens is 384 g/mol. The van der Waals surface area contributed by atoms with Crippen LogP contribution in [0, 0.1) is 0 Å². The smallest absolute Gasteiger partial charge is 0.335 e. The van der Waals surface area contributed by atoms with E-state index >= 15 is 0 Å². The highest BCUT2D eigenvalue weighted by atomic mass is 32.2. The maximum atomic E-state index is 11.4.